The molecule has 2 amide bonds. The van der Waals surface area contributed by atoms with E-state index in [0.29, 0.717) is 19.0 Å². The molecule has 3 aromatic rings. The van der Waals surface area contributed by atoms with Gasteiger partial charge < -0.3 is 35.2 Å². The summed E-state index contributed by atoms with van der Waals surface area (Å²) in [6.07, 6.45) is 16.7. The lowest BCUT2D eigenvalue weighted by Crippen LogP contribution is -2.47. The Labute approximate surface area is 375 Å². The lowest BCUT2D eigenvalue weighted by molar-refractivity contribution is -0.130. The molecule has 3 unspecified atom stereocenters. The number of unbranched alkanes of at least 4 members (excludes halogenated alkanes) is 1. The van der Waals surface area contributed by atoms with Crippen LogP contribution >= 0.6 is 11.3 Å². The summed E-state index contributed by atoms with van der Waals surface area (Å²) in [5, 5.41) is 13.1. The van der Waals surface area contributed by atoms with Crippen molar-refractivity contribution in [1.82, 2.24) is 24.8 Å². The van der Waals surface area contributed by atoms with Crippen molar-refractivity contribution < 1.29 is 19.4 Å². The fraction of sp³-hybridized carbons (Fsp3) is 0.542. The third-order valence-corrected chi connectivity index (χ3v) is 12.2. The molecule has 0 aliphatic carbocycles. The lowest BCUT2D eigenvalue weighted by Gasteiger charge is -2.36. The summed E-state index contributed by atoms with van der Waals surface area (Å²) in [5.41, 5.74) is 11.0. The zero-order valence-corrected chi connectivity index (χ0v) is 39.3. The first-order chi connectivity index (χ1) is 29.9. The first kappa shape index (κ1) is 51.3. The molecule has 2 aliphatic rings. The number of ether oxygens (including phenoxy) is 1. The van der Waals surface area contributed by atoms with Crippen LogP contribution in [0.15, 0.2) is 90.0 Å². The smallest absolute Gasteiger partial charge is 0.405 e. The second-order valence-electron chi connectivity index (χ2n) is 15.9. The number of piperazine rings is 1. The molecule has 2 fully saturated rings. The van der Waals surface area contributed by atoms with E-state index in [4.69, 9.17) is 10.5 Å². The molecule has 4 heterocycles. The van der Waals surface area contributed by atoms with Gasteiger partial charge in [0.25, 0.3) is 0 Å². The number of benzene rings is 1. The van der Waals surface area contributed by atoms with E-state index in [1.807, 2.05) is 35.6 Å². The van der Waals surface area contributed by atoms with Crippen molar-refractivity contribution in [1.29, 1.82) is 0 Å². The van der Waals surface area contributed by atoms with Gasteiger partial charge in [-0.2, -0.15) is 0 Å². The van der Waals surface area contributed by atoms with E-state index in [2.05, 4.69) is 101 Å². The Morgan fingerprint density at radius 1 is 1.08 bits per heavy atom. The van der Waals surface area contributed by atoms with Gasteiger partial charge in [-0.05, 0) is 83.4 Å². The van der Waals surface area contributed by atoms with Gasteiger partial charge >= 0.3 is 6.09 Å². The highest BCUT2D eigenvalue weighted by Crippen LogP contribution is 2.37. The van der Waals surface area contributed by atoms with Crippen molar-refractivity contribution in [2.45, 2.75) is 99.5 Å². The minimum Gasteiger partial charge on any atom is -0.439 e. The molecule has 14 heteroatoms. The number of hydrogen-bond donors (Lipinski definition) is 2. The van der Waals surface area contributed by atoms with E-state index in [1.165, 1.54) is 28.3 Å². The zero-order chi connectivity index (χ0) is 45.4. The van der Waals surface area contributed by atoms with E-state index < -0.39 is 12.2 Å². The Hall–Kier alpha value is -5.08. The standard InChI is InChI=1S/C24H32N6O3S.C19H33N3O.C5H8/c1-2-3-9-29(11-12-31)18-6-7-19-20(14-18)27-16-28-22(19)30-10-4-5-17(15-30)21(33-24(25)32)23-26-8-13-34-23;1-7-16(3)18(5)20-14-15(2)8-9-17(4)21-10-12-22(13-11-21)19(6)23;1-3-5-4-2/h6-8,13-14,16-17,21,31H,2-5,9-12,15H2,1H3,(H2,25,32);14,16H,4,7-13H2,1-3,5-6H3;3-5H,1H2,2H3/b;15-14+,20-18?;5-4-. The van der Waals surface area contributed by atoms with Gasteiger partial charge in [-0.15, -0.1) is 11.3 Å². The first-order valence-electron chi connectivity index (χ1n) is 22.2. The van der Waals surface area contributed by atoms with Gasteiger partial charge in [-0.1, -0.05) is 64.2 Å². The maximum atomic E-state index is 11.6. The van der Waals surface area contributed by atoms with Crippen LogP contribution in [0, 0.1) is 11.8 Å². The number of rotatable bonds is 18. The third-order valence-electron chi connectivity index (χ3n) is 11.4. The van der Waals surface area contributed by atoms with E-state index in [0.717, 1.165) is 112 Å². The molecule has 0 saturated carbocycles. The molecule has 0 spiro atoms. The number of hydrogen-bond acceptors (Lipinski definition) is 12. The largest absolute Gasteiger partial charge is 0.439 e. The molecule has 2 aromatic heterocycles. The molecule has 3 N–H and O–H groups in total. The molecule has 0 radical (unpaired) electrons. The molecular weight excluding hydrogens is 799 g/mol. The molecular formula is C48H73N9O4S. The van der Waals surface area contributed by atoms with Crippen molar-refractivity contribution in [3.63, 3.8) is 0 Å². The van der Waals surface area contributed by atoms with Gasteiger partial charge in [0.1, 0.15) is 17.2 Å². The number of piperidine rings is 1. The predicted octanol–water partition coefficient (Wildman–Crippen LogP) is 9.34. The average Bonchev–Trinajstić information content (AvgIpc) is 3.83. The van der Waals surface area contributed by atoms with Crippen LogP contribution in [0.4, 0.5) is 16.3 Å². The molecule has 340 valence electrons. The molecule has 2 saturated heterocycles. The third kappa shape index (κ3) is 16.7. The Balaban J connectivity index is 0.000000317. The predicted molar refractivity (Wildman–Crippen MR) is 258 cm³/mol. The Morgan fingerprint density at radius 3 is 2.42 bits per heavy atom. The van der Waals surface area contributed by atoms with Crippen LogP contribution in [0.5, 0.6) is 0 Å². The van der Waals surface area contributed by atoms with Crippen LogP contribution < -0.4 is 15.5 Å². The Kier molecular flexibility index (Phi) is 23.0. The highest BCUT2D eigenvalue weighted by molar-refractivity contribution is 7.09. The number of fused-ring (bicyclic) bond motifs is 1. The maximum Gasteiger partial charge on any atom is 0.405 e. The summed E-state index contributed by atoms with van der Waals surface area (Å²) in [7, 11) is 0. The quantitative estimate of drug-likeness (QED) is 0.0934. The van der Waals surface area contributed by atoms with Gasteiger partial charge in [0.05, 0.1) is 12.1 Å². The number of aliphatic hydroxyl groups is 1. The number of anilines is 2. The van der Waals surface area contributed by atoms with Crippen molar-refractivity contribution >= 4 is 51.5 Å². The normalized spacial score (nSPS) is 16.8. The molecule has 2 aliphatic heterocycles. The topological polar surface area (TPSA) is 154 Å². The van der Waals surface area contributed by atoms with E-state index in [-0.39, 0.29) is 18.4 Å². The SMILES string of the molecule is C=C(CC/C(C)=C/N=C(C)C(C)CC)N1CCN(C(C)=O)CC1.C=C/C=C\C.CCCCN(CCO)c1ccc2c(N3CCCC(C(OC(N)=O)c4nccs4)C3)ncnc2c1. The summed E-state index contributed by atoms with van der Waals surface area (Å²) in [6.45, 7) is 28.6. The maximum absolute atomic E-state index is 11.6. The van der Waals surface area contributed by atoms with Crippen LogP contribution in [-0.4, -0.2) is 107 Å². The number of amides is 2. The Morgan fingerprint density at radius 2 is 1.82 bits per heavy atom. The number of aliphatic hydroxyl groups excluding tert-OH is 1. The average molecular weight is 872 g/mol. The number of carbonyl (C=O) groups excluding carboxylic acids is 2. The highest BCUT2D eigenvalue weighted by Gasteiger charge is 2.33. The van der Waals surface area contributed by atoms with Gasteiger partial charge in [-0.25, -0.2) is 19.7 Å². The molecule has 3 atom stereocenters. The van der Waals surface area contributed by atoms with Gasteiger partial charge in [0, 0.05) is 105 Å². The van der Waals surface area contributed by atoms with Gasteiger partial charge in [-0.3, -0.25) is 9.79 Å². The van der Waals surface area contributed by atoms with E-state index in [9.17, 15) is 14.7 Å². The number of nitrogens with zero attached hydrogens (tertiary/aromatic N) is 8. The number of carbonyl (C=O) groups is 2. The molecule has 62 heavy (non-hydrogen) atoms. The summed E-state index contributed by atoms with van der Waals surface area (Å²) in [6, 6.07) is 6.22. The fourth-order valence-electron chi connectivity index (χ4n) is 7.29. The zero-order valence-electron chi connectivity index (χ0n) is 38.5. The van der Waals surface area contributed by atoms with Crippen LogP contribution in [0.1, 0.15) is 105 Å². The fourth-order valence-corrected chi connectivity index (χ4v) is 8.05. The van der Waals surface area contributed by atoms with Crippen LogP contribution in [0.3, 0.4) is 0 Å². The van der Waals surface area contributed by atoms with Crippen molar-refractivity contribution in [2.24, 2.45) is 22.6 Å². The summed E-state index contributed by atoms with van der Waals surface area (Å²) in [4.78, 5) is 49.7. The summed E-state index contributed by atoms with van der Waals surface area (Å²) in [5.74, 6) is 1.65. The second-order valence-corrected chi connectivity index (χ2v) is 16.8. The second kappa shape index (κ2) is 27.8. The summed E-state index contributed by atoms with van der Waals surface area (Å²) < 4.78 is 5.50. The minimum absolute atomic E-state index is 0.0609. The number of aliphatic imine (C=N–C) groups is 1. The molecule has 13 nitrogen and oxygen atoms in total. The monoisotopic (exact) mass is 872 g/mol. The number of nitrogens with two attached hydrogens (primary N) is 1. The minimum atomic E-state index is -0.784. The molecule has 1 aromatic carbocycles. The number of aromatic nitrogens is 3. The van der Waals surface area contributed by atoms with Crippen molar-refractivity contribution in [3.8, 4) is 0 Å². The van der Waals surface area contributed by atoms with Crippen LogP contribution in [0.25, 0.3) is 10.9 Å². The molecule has 5 rings (SSSR count). The lowest BCUT2D eigenvalue weighted by atomic mass is 9.92. The van der Waals surface area contributed by atoms with Crippen LogP contribution in [-0.2, 0) is 9.53 Å². The first-order valence-corrected chi connectivity index (χ1v) is 23.1. The highest BCUT2D eigenvalue weighted by atomic mass is 32.1. The number of primary amides is 1. The van der Waals surface area contributed by atoms with Gasteiger partial charge in [0.2, 0.25) is 5.91 Å². The van der Waals surface area contributed by atoms with E-state index >= 15 is 0 Å². The van der Waals surface area contributed by atoms with Crippen LogP contribution in [0.2, 0.25) is 0 Å². The van der Waals surface area contributed by atoms with Crippen molar-refractivity contribution in [2.75, 3.05) is 68.8 Å². The van der Waals surface area contributed by atoms with E-state index in [1.54, 1.807) is 25.5 Å². The number of thiazole rings is 1. The number of allylic oxidation sites excluding steroid dienone is 5. The molecule has 0 bridgehead atoms. The Bertz CT molecular complexity index is 1920. The van der Waals surface area contributed by atoms with Crippen molar-refractivity contribution in [3.05, 3.63) is 90.0 Å². The van der Waals surface area contributed by atoms with Gasteiger partial charge in [0.15, 0.2) is 6.10 Å². The summed E-state index contributed by atoms with van der Waals surface area (Å²) >= 11 is 1.47.